The number of rotatable bonds is 4. The average Bonchev–Trinajstić information content (AvgIpc) is 2.38. The Kier molecular flexibility index (Phi) is 4.64. The summed E-state index contributed by atoms with van der Waals surface area (Å²) in [5.41, 5.74) is 0.594. The highest BCUT2D eigenvalue weighted by atomic mass is 35.5. The van der Waals surface area contributed by atoms with Crippen LogP contribution < -0.4 is 0 Å². The monoisotopic (exact) mass is 282 g/mol. The molecule has 2 aromatic carbocycles. The van der Waals surface area contributed by atoms with E-state index >= 15 is 0 Å². The third kappa shape index (κ3) is 3.73. The third-order valence-corrected chi connectivity index (χ3v) is 3.79. The number of hydrogen-bond acceptors (Lipinski definition) is 2. The van der Waals surface area contributed by atoms with E-state index in [-0.39, 0.29) is 5.82 Å². The second-order valence-electron chi connectivity index (χ2n) is 3.84. The molecule has 2 aromatic rings. The zero-order valence-electron chi connectivity index (χ0n) is 9.51. The van der Waals surface area contributed by atoms with Crippen LogP contribution in [-0.2, 0) is 0 Å². The lowest BCUT2D eigenvalue weighted by Crippen LogP contribution is -2.00. The zero-order valence-corrected chi connectivity index (χ0v) is 11.1. The molecule has 0 heterocycles. The van der Waals surface area contributed by atoms with Crippen LogP contribution in [0.15, 0.2) is 53.4 Å². The molecule has 1 nitrogen and oxygen atoms in total. The molecule has 0 saturated heterocycles. The van der Waals surface area contributed by atoms with Gasteiger partial charge in [-0.05, 0) is 42.0 Å². The normalized spacial score (nSPS) is 12.4. The predicted octanol–water partition coefficient (Wildman–Crippen LogP) is 4.30. The fourth-order valence-electron chi connectivity index (χ4n) is 1.52. The molecule has 0 radical (unpaired) electrons. The van der Waals surface area contributed by atoms with Crippen LogP contribution in [0.2, 0.25) is 5.02 Å². The van der Waals surface area contributed by atoms with Crippen LogP contribution in [0.25, 0.3) is 0 Å². The van der Waals surface area contributed by atoms with Crippen molar-refractivity contribution in [3.63, 3.8) is 0 Å². The first-order valence-corrected chi connectivity index (χ1v) is 6.83. The summed E-state index contributed by atoms with van der Waals surface area (Å²) in [7, 11) is 0. The Bertz CT molecular complexity index is 515. The molecule has 18 heavy (non-hydrogen) atoms. The fraction of sp³-hybridized carbons (Fsp3) is 0.143. The Morgan fingerprint density at radius 1 is 1.17 bits per heavy atom. The van der Waals surface area contributed by atoms with Gasteiger partial charge in [-0.15, -0.1) is 11.8 Å². The lowest BCUT2D eigenvalue weighted by molar-refractivity contribution is 0.203. The van der Waals surface area contributed by atoms with Gasteiger partial charge in [0.2, 0.25) is 0 Å². The lowest BCUT2D eigenvalue weighted by Gasteiger charge is -2.10. The van der Waals surface area contributed by atoms with Crippen LogP contribution in [0.5, 0.6) is 0 Å². The number of thioether (sulfide) groups is 1. The van der Waals surface area contributed by atoms with E-state index in [1.807, 2.05) is 12.1 Å². The minimum absolute atomic E-state index is 0.331. The molecule has 0 bridgehead atoms. The molecule has 2 rings (SSSR count). The summed E-state index contributed by atoms with van der Waals surface area (Å²) >= 11 is 7.29. The van der Waals surface area contributed by atoms with E-state index in [9.17, 15) is 9.50 Å². The van der Waals surface area contributed by atoms with E-state index in [1.54, 1.807) is 24.3 Å². The number of halogens is 2. The van der Waals surface area contributed by atoms with Crippen LogP contribution in [0.3, 0.4) is 0 Å². The van der Waals surface area contributed by atoms with E-state index in [1.165, 1.54) is 23.9 Å². The number of hydrogen-bond donors (Lipinski definition) is 1. The smallest absolute Gasteiger partial charge is 0.123 e. The first kappa shape index (κ1) is 13.4. The van der Waals surface area contributed by atoms with Crippen molar-refractivity contribution in [2.75, 3.05) is 5.75 Å². The van der Waals surface area contributed by atoms with Crippen molar-refractivity contribution >= 4 is 23.4 Å². The lowest BCUT2D eigenvalue weighted by atomic mass is 10.1. The van der Waals surface area contributed by atoms with Gasteiger partial charge in [0.1, 0.15) is 5.82 Å². The van der Waals surface area contributed by atoms with Gasteiger partial charge in [0.15, 0.2) is 0 Å². The van der Waals surface area contributed by atoms with Crippen molar-refractivity contribution < 1.29 is 9.50 Å². The van der Waals surface area contributed by atoms with Crippen molar-refractivity contribution in [1.29, 1.82) is 0 Å². The zero-order chi connectivity index (χ0) is 13.0. The topological polar surface area (TPSA) is 20.2 Å². The molecule has 0 fully saturated rings. The van der Waals surface area contributed by atoms with Gasteiger partial charge < -0.3 is 5.11 Å². The molecule has 0 amide bonds. The van der Waals surface area contributed by atoms with Gasteiger partial charge in [-0.25, -0.2) is 4.39 Å². The Balaban J connectivity index is 1.96. The van der Waals surface area contributed by atoms with Crippen LogP contribution in [0, 0.1) is 5.82 Å². The minimum Gasteiger partial charge on any atom is -0.388 e. The highest BCUT2D eigenvalue weighted by Gasteiger charge is 2.08. The van der Waals surface area contributed by atoms with E-state index in [2.05, 4.69) is 0 Å². The van der Waals surface area contributed by atoms with Crippen LogP contribution in [0.1, 0.15) is 11.7 Å². The predicted molar refractivity (Wildman–Crippen MR) is 73.5 cm³/mol. The molecule has 0 aliphatic heterocycles. The van der Waals surface area contributed by atoms with Gasteiger partial charge in [0.25, 0.3) is 0 Å². The maximum atomic E-state index is 13.0. The molecule has 0 aliphatic carbocycles. The molecule has 0 spiro atoms. The Hall–Kier alpha value is -1.03. The summed E-state index contributed by atoms with van der Waals surface area (Å²) in [5.74, 6) is 0.147. The van der Waals surface area contributed by atoms with Gasteiger partial charge in [-0.3, -0.25) is 0 Å². The molecule has 1 atom stereocenters. The maximum absolute atomic E-state index is 13.0. The van der Waals surface area contributed by atoms with Crippen molar-refractivity contribution in [3.05, 3.63) is 64.9 Å². The number of aliphatic hydroxyl groups is 1. The molecular weight excluding hydrogens is 271 g/mol. The van der Waals surface area contributed by atoms with Crippen LogP contribution >= 0.6 is 23.4 Å². The number of aliphatic hydroxyl groups excluding tert-OH is 1. The average molecular weight is 283 g/mol. The van der Waals surface area contributed by atoms with E-state index < -0.39 is 6.10 Å². The fourth-order valence-corrected chi connectivity index (χ4v) is 2.51. The van der Waals surface area contributed by atoms with Crippen molar-refractivity contribution in [2.45, 2.75) is 11.0 Å². The van der Waals surface area contributed by atoms with E-state index in [0.29, 0.717) is 16.3 Å². The van der Waals surface area contributed by atoms with Gasteiger partial charge in [0, 0.05) is 15.7 Å². The summed E-state index contributed by atoms with van der Waals surface area (Å²) in [6.45, 7) is 0. The second-order valence-corrected chi connectivity index (χ2v) is 5.37. The van der Waals surface area contributed by atoms with Crippen LogP contribution in [0.4, 0.5) is 4.39 Å². The summed E-state index contributed by atoms with van der Waals surface area (Å²) in [4.78, 5) is 1.02. The summed E-state index contributed by atoms with van der Waals surface area (Å²) in [5, 5.41) is 10.6. The highest BCUT2D eigenvalue weighted by Crippen LogP contribution is 2.26. The first-order valence-electron chi connectivity index (χ1n) is 5.47. The van der Waals surface area contributed by atoms with Crippen LogP contribution in [-0.4, -0.2) is 10.9 Å². The molecule has 94 valence electrons. The molecule has 4 heteroatoms. The molecule has 0 aromatic heterocycles. The highest BCUT2D eigenvalue weighted by molar-refractivity contribution is 7.99. The Morgan fingerprint density at radius 2 is 1.89 bits per heavy atom. The van der Waals surface area contributed by atoms with Crippen molar-refractivity contribution in [3.8, 4) is 0 Å². The van der Waals surface area contributed by atoms with Gasteiger partial charge in [-0.1, -0.05) is 23.7 Å². The summed E-state index contributed by atoms with van der Waals surface area (Å²) < 4.78 is 13.0. The summed E-state index contributed by atoms with van der Waals surface area (Å²) in [6.07, 6.45) is -0.679. The second kappa shape index (κ2) is 6.23. The molecule has 0 saturated carbocycles. The standard InChI is InChI=1S/C14H12ClFOS/c15-11-4-6-13(7-5-11)18-9-14(17)10-2-1-3-12(16)8-10/h1-8,14,17H,9H2. The SMILES string of the molecule is OC(CSc1ccc(Cl)cc1)c1cccc(F)c1. The quantitative estimate of drug-likeness (QED) is 0.844. The van der Waals surface area contributed by atoms with E-state index in [4.69, 9.17) is 11.6 Å². The molecule has 0 aliphatic rings. The van der Waals surface area contributed by atoms with Gasteiger partial charge in [-0.2, -0.15) is 0 Å². The van der Waals surface area contributed by atoms with Gasteiger partial charge >= 0.3 is 0 Å². The third-order valence-electron chi connectivity index (χ3n) is 2.45. The largest absolute Gasteiger partial charge is 0.388 e. The summed E-state index contributed by atoms with van der Waals surface area (Å²) in [6, 6.07) is 13.4. The molecule has 1 N–H and O–H groups in total. The van der Waals surface area contributed by atoms with Gasteiger partial charge in [0.05, 0.1) is 6.10 Å². The molecule has 1 unspecified atom stereocenters. The Morgan fingerprint density at radius 3 is 2.56 bits per heavy atom. The molecular formula is C14H12ClFOS. The van der Waals surface area contributed by atoms with Crippen molar-refractivity contribution in [1.82, 2.24) is 0 Å². The first-order chi connectivity index (χ1) is 8.65. The van der Waals surface area contributed by atoms with Crippen molar-refractivity contribution in [2.24, 2.45) is 0 Å². The Labute approximate surface area is 115 Å². The number of benzene rings is 2. The van der Waals surface area contributed by atoms with E-state index in [0.717, 1.165) is 4.90 Å². The minimum atomic E-state index is -0.679. The maximum Gasteiger partial charge on any atom is 0.123 e.